The van der Waals surface area contributed by atoms with Crippen molar-refractivity contribution in [3.05, 3.63) is 51.7 Å². The number of hydrogen-bond donors (Lipinski definition) is 1. The van der Waals surface area contributed by atoms with Crippen LogP contribution >= 0.6 is 11.3 Å². The van der Waals surface area contributed by atoms with E-state index in [9.17, 15) is 22.8 Å². The lowest BCUT2D eigenvalue weighted by Crippen LogP contribution is -2.60. The van der Waals surface area contributed by atoms with Crippen LogP contribution in [-0.4, -0.2) is 49.4 Å². The van der Waals surface area contributed by atoms with Crippen LogP contribution in [0, 0.1) is 11.3 Å². The lowest BCUT2D eigenvalue weighted by atomic mass is 10.0. The molecule has 1 aromatic carbocycles. The van der Waals surface area contributed by atoms with Gasteiger partial charge in [0.1, 0.15) is 6.04 Å². The molecule has 1 unspecified atom stereocenters. The van der Waals surface area contributed by atoms with Crippen molar-refractivity contribution in [2.75, 3.05) is 31.6 Å². The molecule has 1 fully saturated rings. The Morgan fingerprint density at radius 1 is 1.28 bits per heavy atom. The quantitative estimate of drug-likeness (QED) is 0.825. The average Bonchev–Trinajstić information content (AvgIpc) is 3.26. The second-order valence-corrected chi connectivity index (χ2v) is 7.21. The zero-order valence-corrected chi connectivity index (χ0v) is 16.2. The number of likely N-dealkylation sites (N-methyl/N-ethyl adjacent to an activating group) is 1. The van der Waals surface area contributed by atoms with Gasteiger partial charge in [-0.1, -0.05) is 0 Å². The average molecular weight is 422 g/mol. The Hall–Kier alpha value is -3.06. The molecule has 0 spiro atoms. The van der Waals surface area contributed by atoms with E-state index in [4.69, 9.17) is 5.26 Å². The summed E-state index contributed by atoms with van der Waals surface area (Å²) in [6, 6.07) is 5.81. The van der Waals surface area contributed by atoms with Crippen LogP contribution in [0.15, 0.2) is 35.0 Å². The normalized spacial score (nSPS) is 17.0. The zero-order valence-electron chi connectivity index (χ0n) is 15.4. The first-order valence-electron chi connectivity index (χ1n) is 8.67. The predicted molar refractivity (Wildman–Crippen MR) is 102 cm³/mol. The van der Waals surface area contributed by atoms with E-state index in [1.54, 1.807) is 27.8 Å². The van der Waals surface area contributed by atoms with Crippen molar-refractivity contribution < 1.29 is 22.8 Å². The molecule has 1 saturated heterocycles. The van der Waals surface area contributed by atoms with Gasteiger partial charge in [0.25, 0.3) is 5.91 Å². The van der Waals surface area contributed by atoms with Crippen LogP contribution in [0.4, 0.5) is 18.9 Å². The minimum Gasteiger partial charge on any atom is -0.367 e. The van der Waals surface area contributed by atoms with Gasteiger partial charge in [-0.15, -0.1) is 0 Å². The fourth-order valence-corrected chi connectivity index (χ4v) is 3.89. The Morgan fingerprint density at radius 3 is 2.62 bits per heavy atom. The molecule has 2 amide bonds. The molecule has 1 N–H and O–H groups in total. The number of rotatable bonds is 3. The van der Waals surface area contributed by atoms with Crippen LogP contribution < -0.4 is 10.2 Å². The summed E-state index contributed by atoms with van der Waals surface area (Å²) in [5.41, 5.74) is -0.774. The van der Waals surface area contributed by atoms with E-state index in [1.807, 2.05) is 0 Å². The van der Waals surface area contributed by atoms with Crippen molar-refractivity contribution >= 4 is 28.8 Å². The van der Waals surface area contributed by atoms with Crippen LogP contribution in [0.5, 0.6) is 0 Å². The largest absolute Gasteiger partial charge is 0.417 e. The third-order valence-electron chi connectivity index (χ3n) is 4.75. The maximum Gasteiger partial charge on any atom is 0.417 e. The number of nitrogens with zero attached hydrogens (tertiary/aromatic N) is 3. The monoisotopic (exact) mass is 422 g/mol. The number of benzene rings is 1. The highest BCUT2D eigenvalue weighted by atomic mass is 32.1. The van der Waals surface area contributed by atoms with Crippen molar-refractivity contribution in [1.82, 2.24) is 10.2 Å². The fraction of sp³-hybridized carbons (Fsp3) is 0.316. The van der Waals surface area contributed by atoms with E-state index in [-0.39, 0.29) is 31.2 Å². The minimum absolute atomic E-state index is 0.0404. The van der Waals surface area contributed by atoms with E-state index in [2.05, 4.69) is 5.32 Å². The Balaban J connectivity index is 1.90. The number of amides is 2. The highest BCUT2D eigenvalue weighted by Gasteiger charge is 2.37. The van der Waals surface area contributed by atoms with Crippen LogP contribution in [0.25, 0.3) is 0 Å². The second-order valence-electron chi connectivity index (χ2n) is 6.43. The summed E-state index contributed by atoms with van der Waals surface area (Å²) in [6.07, 6.45) is -4.67. The van der Waals surface area contributed by atoms with Crippen LogP contribution in [-0.2, 0) is 11.0 Å². The van der Waals surface area contributed by atoms with Gasteiger partial charge in [-0.3, -0.25) is 9.59 Å². The van der Waals surface area contributed by atoms with Crippen molar-refractivity contribution in [1.29, 1.82) is 5.26 Å². The zero-order chi connectivity index (χ0) is 21.2. The molecule has 1 atom stereocenters. The molecule has 6 nitrogen and oxygen atoms in total. The van der Waals surface area contributed by atoms with Gasteiger partial charge in [-0.2, -0.15) is 29.8 Å². The number of anilines is 1. The summed E-state index contributed by atoms with van der Waals surface area (Å²) < 4.78 is 39.8. The molecule has 1 aliphatic rings. The Labute approximate surface area is 169 Å². The van der Waals surface area contributed by atoms with Gasteiger partial charge in [-0.05, 0) is 29.6 Å². The molecule has 3 rings (SSSR count). The summed E-state index contributed by atoms with van der Waals surface area (Å²) in [6.45, 7) is 0.472. The Morgan fingerprint density at radius 2 is 2.03 bits per heavy atom. The van der Waals surface area contributed by atoms with E-state index in [0.29, 0.717) is 5.56 Å². The molecule has 0 aliphatic carbocycles. The summed E-state index contributed by atoms with van der Waals surface area (Å²) in [5, 5.41) is 14.9. The van der Waals surface area contributed by atoms with Gasteiger partial charge in [0.2, 0.25) is 5.91 Å². The molecular formula is C19H17F3N4O2S. The number of alkyl halides is 3. The number of nitrogens with one attached hydrogen (secondary N) is 1. The predicted octanol–water partition coefficient (Wildman–Crippen LogP) is 2.72. The summed E-state index contributed by atoms with van der Waals surface area (Å²) >= 11 is 1.36. The maximum absolute atomic E-state index is 13.3. The smallest absolute Gasteiger partial charge is 0.367 e. The van der Waals surface area contributed by atoms with Crippen LogP contribution in [0.2, 0.25) is 0 Å². The standard InChI is InChI=1S/C19H17F3N4O2S/c1-24-17(27)16-10-25(5-6-26(16)18(28)13-4-7-29-11-13)14-3-2-12(9-23)15(8-14)19(20,21)22/h2-4,7-8,11,16H,5-6,10H2,1H3,(H,24,27). The first kappa shape index (κ1) is 20.7. The lowest BCUT2D eigenvalue weighted by Gasteiger charge is -2.41. The van der Waals surface area contributed by atoms with Gasteiger partial charge in [0, 0.05) is 37.7 Å². The van der Waals surface area contributed by atoms with Crippen LogP contribution in [0.1, 0.15) is 21.5 Å². The second kappa shape index (κ2) is 8.13. The Bertz CT molecular complexity index is 953. The first-order chi connectivity index (χ1) is 13.8. The van der Waals surface area contributed by atoms with Gasteiger partial charge in [0.15, 0.2) is 0 Å². The third kappa shape index (κ3) is 4.19. The van der Waals surface area contributed by atoms with E-state index >= 15 is 0 Å². The summed E-state index contributed by atoms with van der Waals surface area (Å²) in [4.78, 5) is 28.2. The number of hydrogen-bond acceptors (Lipinski definition) is 5. The molecule has 29 heavy (non-hydrogen) atoms. The minimum atomic E-state index is -4.67. The van der Waals surface area contributed by atoms with Gasteiger partial charge in [0.05, 0.1) is 22.8 Å². The summed E-state index contributed by atoms with van der Waals surface area (Å²) in [5.74, 6) is -0.696. The highest BCUT2D eigenvalue weighted by molar-refractivity contribution is 7.08. The number of halogens is 3. The molecular weight excluding hydrogens is 405 g/mol. The molecule has 10 heteroatoms. The fourth-order valence-electron chi connectivity index (χ4n) is 3.26. The highest BCUT2D eigenvalue weighted by Crippen LogP contribution is 2.35. The Kier molecular flexibility index (Phi) is 5.79. The van der Waals surface area contributed by atoms with Gasteiger partial charge < -0.3 is 15.1 Å². The molecule has 0 bridgehead atoms. The van der Waals surface area contributed by atoms with Crippen LogP contribution in [0.3, 0.4) is 0 Å². The number of carbonyl (C=O) groups is 2. The first-order valence-corrected chi connectivity index (χ1v) is 9.61. The SMILES string of the molecule is CNC(=O)C1CN(c2ccc(C#N)c(C(F)(F)F)c2)CCN1C(=O)c1ccsc1. The van der Waals surface area contributed by atoms with E-state index in [0.717, 1.165) is 12.1 Å². The molecule has 2 aromatic rings. The van der Waals surface area contributed by atoms with Crippen molar-refractivity contribution in [3.8, 4) is 6.07 Å². The molecule has 2 heterocycles. The van der Waals surface area contributed by atoms with Crippen molar-refractivity contribution in [2.24, 2.45) is 0 Å². The molecule has 1 aromatic heterocycles. The van der Waals surface area contributed by atoms with Gasteiger partial charge in [-0.25, -0.2) is 0 Å². The van der Waals surface area contributed by atoms with Gasteiger partial charge >= 0.3 is 6.18 Å². The van der Waals surface area contributed by atoms with Crippen molar-refractivity contribution in [2.45, 2.75) is 12.2 Å². The van der Waals surface area contributed by atoms with E-state index in [1.165, 1.54) is 29.4 Å². The molecule has 1 aliphatic heterocycles. The summed E-state index contributed by atoms with van der Waals surface area (Å²) in [7, 11) is 1.44. The molecule has 152 valence electrons. The number of thiophene rings is 1. The number of nitriles is 1. The maximum atomic E-state index is 13.3. The van der Waals surface area contributed by atoms with Crippen molar-refractivity contribution in [3.63, 3.8) is 0 Å². The number of piperazine rings is 1. The van der Waals surface area contributed by atoms with E-state index < -0.39 is 29.3 Å². The number of carbonyl (C=O) groups excluding carboxylic acids is 2. The third-order valence-corrected chi connectivity index (χ3v) is 5.44. The molecule has 0 saturated carbocycles. The molecule has 0 radical (unpaired) electrons. The topological polar surface area (TPSA) is 76.4 Å². The lowest BCUT2D eigenvalue weighted by molar-refractivity contribution is -0.137.